The van der Waals surface area contributed by atoms with E-state index < -0.39 is 0 Å². The molecule has 2 nitrogen and oxygen atoms in total. The van der Waals surface area contributed by atoms with Gasteiger partial charge in [0.15, 0.2) is 6.10 Å². The van der Waals surface area contributed by atoms with E-state index in [0.717, 1.165) is 17.7 Å². The van der Waals surface area contributed by atoms with Crippen LogP contribution in [0.5, 0.6) is 5.75 Å². The maximum Gasteiger partial charge on any atom is 0.206 e. The number of fused-ring (bicyclic) bond motifs is 1. The van der Waals surface area contributed by atoms with Crippen LogP contribution in [0.1, 0.15) is 42.6 Å². The smallest absolute Gasteiger partial charge is 0.206 e. The van der Waals surface area contributed by atoms with Crippen molar-refractivity contribution < 1.29 is 9.53 Å². The topological polar surface area (TPSA) is 26.3 Å². The summed E-state index contributed by atoms with van der Waals surface area (Å²) in [5.74, 6) is 0.857. The Bertz CT molecular complexity index is 382. The molecule has 0 fully saturated rings. The zero-order chi connectivity index (χ0) is 10.8. The zero-order valence-electron chi connectivity index (χ0n) is 9.25. The fourth-order valence-corrected chi connectivity index (χ4v) is 1.87. The van der Waals surface area contributed by atoms with Gasteiger partial charge in [0, 0.05) is 0 Å². The molecule has 0 saturated carbocycles. The van der Waals surface area contributed by atoms with Crippen LogP contribution in [0.2, 0.25) is 0 Å². The first kappa shape index (κ1) is 10.2. The number of rotatable bonds is 3. The van der Waals surface area contributed by atoms with Crippen molar-refractivity contribution in [2.45, 2.75) is 39.2 Å². The Labute approximate surface area is 90.3 Å². The molecule has 1 aromatic carbocycles. The Morgan fingerprint density at radius 2 is 2.20 bits per heavy atom. The highest BCUT2D eigenvalue weighted by molar-refractivity contribution is 6.04. The third-order valence-electron chi connectivity index (χ3n) is 2.80. The third kappa shape index (κ3) is 1.89. The van der Waals surface area contributed by atoms with Gasteiger partial charge in [0.25, 0.3) is 0 Å². The molecule has 0 bridgehead atoms. The first-order chi connectivity index (χ1) is 7.22. The molecule has 0 N–H and O–H groups in total. The molecule has 1 heterocycles. The molecule has 1 aliphatic heterocycles. The summed E-state index contributed by atoms with van der Waals surface area (Å²) >= 11 is 0. The number of hydrogen-bond donors (Lipinski definition) is 0. The molecule has 80 valence electrons. The third-order valence-corrected chi connectivity index (χ3v) is 2.80. The predicted molar refractivity (Wildman–Crippen MR) is 59.5 cm³/mol. The number of benzene rings is 1. The molecule has 0 aromatic heterocycles. The van der Waals surface area contributed by atoms with E-state index in [9.17, 15) is 4.79 Å². The minimum Gasteiger partial charge on any atom is -0.482 e. The van der Waals surface area contributed by atoms with E-state index in [2.05, 4.69) is 13.0 Å². The summed E-state index contributed by atoms with van der Waals surface area (Å²) in [5, 5.41) is 0. The number of ether oxygens (including phenoxy) is 1. The van der Waals surface area contributed by atoms with E-state index in [1.165, 1.54) is 18.4 Å². The number of hydrogen-bond acceptors (Lipinski definition) is 2. The molecule has 15 heavy (non-hydrogen) atoms. The molecule has 0 aliphatic carbocycles. The quantitative estimate of drug-likeness (QED) is 0.756. The Balaban J connectivity index is 2.23. The van der Waals surface area contributed by atoms with Gasteiger partial charge >= 0.3 is 0 Å². The summed E-state index contributed by atoms with van der Waals surface area (Å²) in [6.07, 6.45) is 3.09. The predicted octanol–water partition coefficient (Wildman–Crippen LogP) is 2.99. The highest BCUT2D eigenvalue weighted by Gasteiger charge is 2.28. The van der Waals surface area contributed by atoms with Gasteiger partial charge in [-0.3, -0.25) is 4.79 Å². The highest BCUT2D eigenvalue weighted by atomic mass is 16.5. The van der Waals surface area contributed by atoms with Crippen molar-refractivity contribution in [2.75, 3.05) is 0 Å². The van der Waals surface area contributed by atoms with E-state index in [0.29, 0.717) is 0 Å². The Morgan fingerprint density at radius 1 is 1.40 bits per heavy atom. The SMILES string of the molecule is CCCCc1ccc2c(c1)C(=O)C(C)O2. The van der Waals surface area contributed by atoms with Crippen LogP contribution >= 0.6 is 0 Å². The number of carbonyl (C=O) groups excluding carboxylic acids is 1. The Morgan fingerprint density at radius 3 is 2.93 bits per heavy atom. The molecule has 2 heteroatoms. The van der Waals surface area contributed by atoms with Crippen molar-refractivity contribution in [3.8, 4) is 5.75 Å². The number of aryl methyl sites for hydroxylation is 1. The average molecular weight is 204 g/mol. The lowest BCUT2D eigenvalue weighted by molar-refractivity contribution is 0.0878. The second-order valence-electron chi connectivity index (χ2n) is 4.06. The van der Waals surface area contributed by atoms with E-state index in [1.807, 2.05) is 12.1 Å². The van der Waals surface area contributed by atoms with E-state index in [-0.39, 0.29) is 11.9 Å². The number of unbranched alkanes of at least 4 members (excludes halogenated alkanes) is 1. The maximum atomic E-state index is 11.7. The van der Waals surface area contributed by atoms with Crippen molar-refractivity contribution in [1.29, 1.82) is 0 Å². The van der Waals surface area contributed by atoms with Crippen LogP contribution in [0.25, 0.3) is 0 Å². The zero-order valence-corrected chi connectivity index (χ0v) is 9.25. The van der Waals surface area contributed by atoms with Crippen LogP contribution in [0, 0.1) is 0 Å². The van der Waals surface area contributed by atoms with Crippen LogP contribution < -0.4 is 4.74 Å². The van der Waals surface area contributed by atoms with Gasteiger partial charge in [-0.05, 0) is 37.5 Å². The van der Waals surface area contributed by atoms with Crippen molar-refractivity contribution in [2.24, 2.45) is 0 Å². The molecule has 0 radical (unpaired) electrons. The lowest BCUT2D eigenvalue weighted by Gasteiger charge is -2.02. The molecular formula is C13H16O2. The molecule has 1 unspecified atom stereocenters. The van der Waals surface area contributed by atoms with Gasteiger partial charge in [-0.25, -0.2) is 0 Å². The largest absolute Gasteiger partial charge is 0.482 e. The molecule has 1 aliphatic rings. The standard InChI is InChI=1S/C13H16O2/c1-3-4-5-10-6-7-12-11(8-10)13(14)9(2)15-12/h6-9H,3-5H2,1-2H3. The molecular weight excluding hydrogens is 188 g/mol. The van der Waals surface area contributed by atoms with Crippen LogP contribution in [0.15, 0.2) is 18.2 Å². The first-order valence-electron chi connectivity index (χ1n) is 5.56. The van der Waals surface area contributed by atoms with Gasteiger partial charge < -0.3 is 4.74 Å². The first-order valence-corrected chi connectivity index (χ1v) is 5.56. The van der Waals surface area contributed by atoms with Crippen LogP contribution in [0.4, 0.5) is 0 Å². The van der Waals surface area contributed by atoms with Crippen LogP contribution in [0.3, 0.4) is 0 Å². The molecule has 1 aromatic rings. The Hall–Kier alpha value is -1.31. The second kappa shape index (κ2) is 4.05. The fourth-order valence-electron chi connectivity index (χ4n) is 1.87. The van der Waals surface area contributed by atoms with Gasteiger partial charge in [0.1, 0.15) is 5.75 Å². The van der Waals surface area contributed by atoms with Crippen molar-refractivity contribution in [3.05, 3.63) is 29.3 Å². The van der Waals surface area contributed by atoms with Gasteiger partial charge in [0.05, 0.1) is 5.56 Å². The van der Waals surface area contributed by atoms with Crippen molar-refractivity contribution in [1.82, 2.24) is 0 Å². The monoisotopic (exact) mass is 204 g/mol. The summed E-state index contributed by atoms with van der Waals surface area (Å²) in [6.45, 7) is 3.97. The fraction of sp³-hybridized carbons (Fsp3) is 0.462. The summed E-state index contributed by atoms with van der Waals surface area (Å²) in [6, 6.07) is 5.96. The van der Waals surface area contributed by atoms with E-state index >= 15 is 0 Å². The van der Waals surface area contributed by atoms with Crippen LogP contribution in [-0.2, 0) is 6.42 Å². The highest BCUT2D eigenvalue weighted by Crippen LogP contribution is 2.29. The summed E-state index contributed by atoms with van der Waals surface area (Å²) in [7, 11) is 0. The minimum atomic E-state index is -0.304. The molecule has 0 saturated heterocycles. The minimum absolute atomic E-state index is 0.114. The maximum absolute atomic E-state index is 11.7. The van der Waals surface area contributed by atoms with Gasteiger partial charge in [-0.1, -0.05) is 19.4 Å². The average Bonchev–Trinajstić information content (AvgIpc) is 2.52. The summed E-state index contributed by atoms with van der Waals surface area (Å²) in [4.78, 5) is 11.7. The number of carbonyl (C=O) groups is 1. The van der Waals surface area contributed by atoms with E-state index in [1.54, 1.807) is 6.92 Å². The summed E-state index contributed by atoms with van der Waals surface area (Å²) in [5.41, 5.74) is 2.00. The van der Waals surface area contributed by atoms with E-state index in [4.69, 9.17) is 4.74 Å². The van der Waals surface area contributed by atoms with Gasteiger partial charge in [-0.15, -0.1) is 0 Å². The normalized spacial score (nSPS) is 18.8. The van der Waals surface area contributed by atoms with Crippen molar-refractivity contribution in [3.63, 3.8) is 0 Å². The second-order valence-corrected chi connectivity index (χ2v) is 4.06. The number of ketones is 1. The van der Waals surface area contributed by atoms with Gasteiger partial charge in [-0.2, -0.15) is 0 Å². The number of Topliss-reactive ketones (excluding diaryl/α,β-unsaturated/α-hetero) is 1. The molecule has 2 rings (SSSR count). The van der Waals surface area contributed by atoms with Gasteiger partial charge in [0.2, 0.25) is 5.78 Å². The van der Waals surface area contributed by atoms with Crippen molar-refractivity contribution >= 4 is 5.78 Å². The molecule has 0 spiro atoms. The lowest BCUT2D eigenvalue weighted by atomic mass is 10.0. The van der Waals surface area contributed by atoms with Crippen LogP contribution in [-0.4, -0.2) is 11.9 Å². The lowest BCUT2D eigenvalue weighted by Crippen LogP contribution is -2.14. The summed E-state index contributed by atoms with van der Waals surface area (Å²) < 4.78 is 5.43. The molecule has 1 atom stereocenters. The Kier molecular flexibility index (Phi) is 2.76. The molecule has 0 amide bonds.